The quantitative estimate of drug-likeness (QED) is 0.732. The fourth-order valence-electron chi connectivity index (χ4n) is 1.79. The third kappa shape index (κ3) is 1.53. The van der Waals surface area contributed by atoms with Crippen molar-refractivity contribution in [2.45, 2.75) is 19.1 Å². The van der Waals surface area contributed by atoms with Gasteiger partial charge in [-0.3, -0.25) is 4.79 Å². The molecule has 0 aliphatic carbocycles. The number of hydrazone groups is 1. The average Bonchev–Trinajstić information content (AvgIpc) is 2.56. The highest BCUT2D eigenvalue weighted by molar-refractivity contribution is 5.85. The van der Waals surface area contributed by atoms with Gasteiger partial charge in [0.05, 0.1) is 0 Å². The van der Waals surface area contributed by atoms with Crippen LogP contribution in [0.1, 0.15) is 18.9 Å². The van der Waals surface area contributed by atoms with E-state index in [2.05, 4.69) is 5.10 Å². The Morgan fingerprint density at radius 1 is 1.47 bits per heavy atom. The third-order valence-electron chi connectivity index (χ3n) is 2.50. The van der Waals surface area contributed by atoms with E-state index in [0.29, 0.717) is 18.4 Å². The Balaban J connectivity index is 2.40. The number of hydrogen-bond acceptors (Lipinski definition) is 3. The normalized spacial score (nSPS) is 25.2. The van der Waals surface area contributed by atoms with Gasteiger partial charge >= 0.3 is 0 Å². The predicted molar refractivity (Wildman–Crippen MR) is 56.0 cm³/mol. The van der Waals surface area contributed by atoms with E-state index in [1.165, 1.54) is 0 Å². The van der Waals surface area contributed by atoms with Crippen molar-refractivity contribution < 1.29 is 9.90 Å². The zero-order valence-electron chi connectivity index (χ0n) is 8.42. The first kappa shape index (κ1) is 9.86. The van der Waals surface area contributed by atoms with Crippen molar-refractivity contribution >= 4 is 12.1 Å². The van der Waals surface area contributed by atoms with Gasteiger partial charge in [-0.1, -0.05) is 30.3 Å². The van der Waals surface area contributed by atoms with E-state index >= 15 is 0 Å². The van der Waals surface area contributed by atoms with Crippen LogP contribution in [0.15, 0.2) is 35.4 Å². The van der Waals surface area contributed by atoms with Crippen LogP contribution in [0.2, 0.25) is 0 Å². The molecule has 4 nitrogen and oxygen atoms in total. The van der Waals surface area contributed by atoms with Gasteiger partial charge in [0.2, 0.25) is 6.41 Å². The Hall–Kier alpha value is -1.68. The molecule has 1 aromatic rings. The molecule has 1 N–H and O–H groups in total. The fourth-order valence-corrected chi connectivity index (χ4v) is 1.79. The minimum atomic E-state index is -1.31. The molecule has 1 heterocycles. The van der Waals surface area contributed by atoms with Crippen LogP contribution in [0.3, 0.4) is 0 Å². The Morgan fingerprint density at radius 3 is 2.73 bits per heavy atom. The molecule has 0 bridgehead atoms. The molecular formula is C11H12N2O2. The van der Waals surface area contributed by atoms with E-state index in [9.17, 15) is 9.90 Å². The molecule has 0 fully saturated rings. The molecule has 1 atom stereocenters. The minimum absolute atomic E-state index is 0.357. The molecule has 15 heavy (non-hydrogen) atoms. The Labute approximate surface area is 87.8 Å². The first-order valence-corrected chi connectivity index (χ1v) is 4.73. The van der Waals surface area contributed by atoms with Crippen LogP contribution < -0.4 is 0 Å². The molecule has 0 saturated carbocycles. The summed E-state index contributed by atoms with van der Waals surface area (Å²) in [7, 11) is 0. The van der Waals surface area contributed by atoms with Crippen molar-refractivity contribution in [3.05, 3.63) is 35.9 Å². The highest BCUT2D eigenvalue weighted by Crippen LogP contribution is 2.33. The minimum Gasteiger partial charge on any atom is -0.365 e. The number of hydrogen-bond donors (Lipinski definition) is 1. The Bertz CT molecular complexity index is 402. The molecule has 0 radical (unpaired) electrons. The highest BCUT2D eigenvalue weighted by atomic mass is 16.3. The van der Waals surface area contributed by atoms with Crippen LogP contribution in [-0.2, 0) is 10.5 Å². The molecule has 0 spiro atoms. The van der Waals surface area contributed by atoms with Gasteiger partial charge in [0.25, 0.3) is 0 Å². The summed E-state index contributed by atoms with van der Waals surface area (Å²) in [5.74, 6) is 0. The van der Waals surface area contributed by atoms with Gasteiger partial charge in [0, 0.05) is 17.7 Å². The van der Waals surface area contributed by atoms with Crippen molar-refractivity contribution in [2.24, 2.45) is 5.10 Å². The summed E-state index contributed by atoms with van der Waals surface area (Å²) in [6, 6.07) is 9.07. The standard InChI is InChI=1S/C11H12N2O2/c1-9-7-11(15,13(8-14)12-9)10-5-3-2-4-6-10/h2-6,8,15H,7H2,1H3. The summed E-state index contributed by atoms with van der Waals surface area (Å²) >= 11 is 0. The number of carbonyl (C=O) groups is 1. The van der Waals surface area contributed by atoms with Gasteiger partial charge in [-0.15, -0.1) is 0 Å². The molecule has 1 aromatic carbocycles. The number of rotatable bonds is 2. The van der Waals surface area contributed by atoms with Crippen LogP contribution in [0, 0.1) is 0 Å². The lowest BCUT2D eigenvalue weighted by atomic mass is 9.98. The largest absolute Gasteiger partial charge is 0.365 e. The summed E-state index contributed by atoms with van der Waals surface area (Å²) in [5, 5.41) is 15.4. The Kier molecular flexibility index (Phi) is 2.28. The molecule has 1 aliphatic heterocycles. The lowest BCUT2D eigenvalue weighted by Gasteiger charge is -2.28. The van der Waals surface area contributed by atoms with E-state index in [-0.39, 0.29) is 0 Å². The zero-order chi connectivity index (χ0) is 10.9. The van der Waals surface area contributed by atoms with Crippen molar-refractivity contribution in [3.63, 3.8) is 0 Å². The van der Waals surface area contributed by atoms with Gasteiger partial charge in [-0.05, 0) is 6.92 Å². The van der Waals surface area contributed by atoms with Crippen LogP contribution in [0.4, 0.5) is 0 Å². The van der Waals surface area contributed by atoms with Crippen LogP contribution in [-0.4, -0.2) is 22.2 Å². The first-order chi connectivity index (χ1) is 7.16. The van der Waals surface area contributed by atoms with Crippen molar-refractivity contribution in [1.82, 2.24) is 5.01 Å². The van der Waals surface area contributed by atoms with E-state index in [0.717, 1.165) is 10.7 Å². The molecule has 4 heteroatoms. The number of aliphatic hydroxyl groups is 1. The third-order valence-corrected chi connectivity index (χ3v) is 2.50. The molecule has 0 aromatic heterocycles. The molecule has 2 rings (SSSR count). The topological polar surface area (TPSA) is 52.9 Å². The highest BCUT2D eigenvalue weighted by Gasteiger charge is 2.41. The Morgan fingerprint density at radius 2 is 2.13 bits per heavy atom. The smallest absolute Gasteiger partial charge is 0.232 e. The summed E-state index contributed by atoms with van der Waals surface area (Å²) < 4.78 is 0. The number of amides is 1. The van der Waals surface area contributed by atoms with E-state index < -0.39 is 5.72 Å². The second-order valence-corrected chi connectivity index (χ2v) is 3.64. The van der Waals surface area contributed by atoms with Crippen molar-refractivity contribution in [1.29, 1.82) is 0 Å². The summed E-state index contributed by atoms with van der Waals surface area (Å²) in [4.78, 5) is 10.8. The predicted octanol–water partition coefficient (Wildman–Crippen LogP) is 1.07. The number of benzene rings is 1. The molecule has 1 amide bonds. The van der Waals surface area contributed by atoms with E-state index in [1.807, 2.05) is 18.2 Å². The molecule has 1 unspecified atom stereocenters. The molecule has 0 saturated heterocycles. The lowest BCUT2D eigenvalue weighted by molar-refractivity contribution is -0.143. The molecule has 78 valence electrons. The van der Waals surface area contributed by atoms with E-state index in [1.54, 1.807) is 19.1 Å². The van der Waals surface area contributed by atoms with Crippen molar-refractivity contribution in [2.75, 3.05) is 0 Å². The van der Waals surface area contributed by atoms with Crippen LogP contribution in [0.5, 0.6) is 0 Å². The average molecular weight is 204 g/mol. The second-order valence-electron chi connectivity index (χ2n) is 3.64. The lowest BCUT2D eigenvalue weighted by Crippen LogP contribution is -2.38. The van der Waals surface area contributed by atoms with Gasteiger partial charge in [0.1, 0.15) is 0 Å². The van der Waals surface area contributed by atoms with Crippen molar-refractivity contribution in [3.8, 4) is 0 Å². The molecule has 1 aliphatic rings. The van der Waals surface area contributed by atoms with Gasteiger partial charge < -0.3 is 5.11 Å². The van der Waals surface area contributed by atoms with E-state index in [4.69, 9.17) is 0 Å². The maximum Gasteiger partial charge on any atom is 0.232 e. The number of carbonyl (C=O) groups excluding carboxylic acids is 1. The number of nitrogens with zero attached hydrogens (tertiary/aromatic N) is 2. The van der Waals surface area contributed by atoms with Gasteiger partial charge in [0.15, 0.2) is 5.72 Å². The SMILES string of the molecule is CC1=NN(C=O)C(O)(c2ccccc2)C1. The summed E-state index contributed by atoms with van der Waals surface area (Å²) in [5.41, 5.74) is 0.110. The fraction of sp³-hybridized carbons (Fsp3) is 0.273. The van der Waals surface area contributed by atoms with Gasteiger partial charge in [-0.2, -0.15) is 10.1 Å². The van der Waals surface area contributed by atoms with Gasteiger partial charge in [-0.25, -0.2) is 0 Å². The summed E-state index contributed by atoms with van der Waals surface area (Å²) in [6.45, 7) is 1.79. The first-order valence-electron chi connectivity index (χ1n) is 4.73. The molecular weight excluding hydrogens is 192 g/mol. The zero-order valence-corrected chi connectivity index (χ0v) is 8.42. The maximum absolute atomic E-state index is 10.8. The monoisotopic (exact) mass is 204 g/mol. The van der Waals surface area contributed by atoms with Crippen LogP contribution >= 0.6 is 0 Å². The maximum atomic E-state index is 10.8. The second kappa shape index (κ2) is 3.47. The van der Waals surface area contributed by atoms with Crippen LogP contribution in [0.25, 0.3) is 0 Å². The summed E-state index contributed by atoms with van der Waals surface area (Å²) in [6.07, 6.45) is 0.902.